The van der Waals surface area contributed by atoms with Gasteiger partial charge in [0.05, 0.1) is 0 Å². The van der Waals surface area contributed by atoms with Crippen LogP contribution in [-0.4, -0.2) is 6.36 Å². The zero-order valence-electron chi connectivity index (χ0n) is 6.84. The molecular formula is C9H5F3OS. The van der Waals surface area contributed by atoms with Gasteiger partial charge < -0.3 is 4.74 Å². The summed E-state index contributed by atoms with van der Waals surface area (Å²) >= 11 is 0.982. The summed E-state index contributed by atoms with van der Waals surface area (Å²) in [5, 5.41) is 0.635. The van der Waals surface area contributed by atoms with Crippen molar-refractivity contribution in [2.24, 2.45) is 0 Å². The molecule has 0 aliphatic heterocycles. The molecule has 0 aliphatic carbocycles. The molecule has 0 bridgehead atoms. The molecule has 14 heavy (non-hydrogen) atoms. The summed E-state index contributed by atoms with van der Waals surface area (Å²) in [5.41, 5.74) is 0. The smallest absolute Gasteiger partial charge is 0.396 e. The summed E-state index contributed by atoms with van der Waals surface area (Å²) in [6, 6.07) is 8.43. The number of hydrogen-bond donors (Lipinski definition) is 0. The summed E-state index contributed by atoms with van der Waals surface area (Å²) in [6.45, 7) is 0. The Hall–Kier alpha value is -1.23. The Morgan fingerprint density at radius 1 is 1.14 bits per heavy atom. The first-order chi connectivity index (χ1) is 6.54. The monoisotopic (exact) mass is 218 g/mol. The Balaban J connectivity index is 2.36. The summed E-state index contributed by atoms with van der Waals surface area (Å²) < 4.78 is 40.2. The Morgan fingerprint density at radius 3 is 2.50 bits per heavy atom. The fourth-order valence-electron chi connectivity index (χ4n) is 1.12. The summed E-state index contributed by atoms with van der Waals surface area (Å²) in [4.78, 5) is 0. The normalized spacial score (nSPS) is 11.9. The van der Waals surface area contributed by atoms with Gasteiger partial charge in [-0.05, 0) is 17.5 Å². The van der Waals surface area contributed by atoms with Crippen molar-refractivity contribution < 1.29 is 17.9 Å². The van der Waals surface area contributed by atoms with Gasteiger partial charge in [0, 0.05) is 4.70 Å². The molecule has 1 aromatic heterocycles. The van der Waals surface area contributed by atoms with E-state index in [0.717, 1.165) is 21.4 Å². The van der Waals surface area contributed by atoms with Crippen LogP contribution in [0.2, 0.25) is 0 Å². The predicted octanol–water partition coefficient (Wildman–Crippen LogP) is 3.80. The molecule has 0 radical (unpaired) electrons. The number of ether oxygens (including phenoxy) is 1. The highest BCUT2D eigenvalue weighted by Crippen LogP contribution is 2.34. The van der Waals surface area contributed by atoms with Crippen LogP contribution < -0.4 is 4.74 Å². The van der Waals surface area contributed by atoms with E-state index in [0.29, 0.717) is 0 Å². The molecule has 0 atom stereocenters. The van der Waals surface area contributed by atoms with Crippen molar-refractivity contribution in [2.75, 3.05) is 0 Å². The molecule has 74 valence electrons. The molecular weight excluding hydrogens is 213 g/mol. The molecule has 0 saturated carbocycles. The summed E-state index contributed by atoms with van der Waals surface area (Å²) in [6.07, 6.45) is -4.61. The third-order valence-electron chi connectivity index (χ3n) is 1.62. The molecule has 1 aromatic carbocycles. The van der Waals surface area contributed by atoms with Gasteiger partial charge in [-0.15, -0.1) is 13.2 Å². The molecule has 1 nitrogen and oxygen atoms in total. The lowest BCUT2D eigenvalue weighted by atomic mass is 10.3. The molecule has 2 aromatic rings. The van der Waals surface area contributed by atoms with Crippen molar-refractivity contribution in [3.8, 4) is 5.06 Å². The average molecular weight is 218 g/mol. The number of halogens is 3. The SMILES string of the molecule is FC(F)(F)Oc1cc2ccccc2s1. The lowest BCUT2D eigenvalue weighted by Crippen LogP contribution is -2.16. The van der Waals surface area contributed by atoms with Crippen molar-refractivity contribution in [3.63, 3.8) is 0 Å². The Labute approximate surface area is 81.7 Å². The molecule has 0 fully saturated rings. The molecule has 0 unspecified atom stereocenters. The van der Waals surface area contributed by atoms with E-state index in [-0.39, 0.29) is 5.06 Å². The highest BCUT2D eigenvalue weighted by Gasteiger charge is 2.31. The number of rotatable bonds is 1. The first kappa shape index (κ1) is 9.33. The van der Waals surface area contributed by atoms with Gasteiger partial charge >= 0.3 is 6.36 Å². The van der Waals surface area contributed by atoms with Crippen LogP contribution >= 0.6 is 11.3 Å². The third kappa shape index (κ3) is 1.98. The predicted molar refractivity (Wildman–Crippen MR) is 48.5 cm³/mol. The van der Waals surface area contributed by atoms with Crippen molar-refractivity contribution in [3.05, 3.63) is 30.3 Å². The van der Waals surface area contributed by atoms with Crippen LogP contribution in [0.3, 0.4) is 0 Å². The minimum Gasteiger partial charge on any atom is -0.396 e. The fraction of sp³-hybridized carbons (Fsp3) is 0.111. The zero-order chi connectivity index (χ0) is 10.2. The molecule has 0 N–H and O–H groups in total. The molecule has 0 saturated heterocycles. The number of hydrogen-bond acceptors (Lipinski definition) is 2. The second-order valence-electron chi connectivity index (χ2n) is 2.65. The molecule has 2 rings (SSSR count). The third-order valence-corrected chi connectivity index (χ3v) is 2.61. The molecule has 1 heterocycles. The van der Waals surface area contributed by atoms with E-state index in [1.807, 2.05) is 0 Å². The summed E-state index contributed by atoms with van der Waals surface area (Å²) in [5.74, 6) is 0. The maximum absolute atomic E-state index is 11.9. The maximum atomic E-state index is 11.9. The second-order valence-corrected chi connectivity index (χ2v) is 3.70. The van der Waals surface area contributed by atoms with Gasteiger partial charge in [-0.25, -0.2) is 0 Å². The van der Waals surface area contributed by atoms with E-state index < -0.39 is 6.36 Å². The Kier molecular flexibility index (Phi) is 2.11. The van der Waals surface area contributed by atoms with Crippen LogP contribution in [0.4, 0.5) is 13.2 Å². The molecule has 5 heteroatoms. The second kappa shape index (κ2) is 3.16. The zero-order valence-corrected chi connectivity index (χ0v) is 7.65. The standard InChI is InChI=1S/C9H5F3OS/c10-9(11,12)13-8-5-6-3-1-2-4-7(6)14-8/h1-5H. The van der Waals surface area contributed by atoms with Gasteiger partial charge in [0.1, 0.15) is 0 Å². The lowest BCUT2D eigenvalue weighted by molar-refractivity contribution is -0.273. The van der Waals surface area contributed by atoms with Gasteiger partial charge in [0.25, 0.3) is 0 Å². The van der Waals surface area contributed by atoms with Crippen LogP contribution in [0.25, 0.3) is 10.1 Å². The van der Waals surface area contributed by atoms with Crippen LogP contribution in [-0.2, 0) is 0 Å². The first-order valence-electron chi connectivity index (χ1n) is 3.79. The van der Waals surface area contributed by atoms with Gasteiger partial charge in [-0.1, -0.05) is 29.5 Å². The summed E-state index contributed by atoms with van der Waals surface area (Å²) in [7, 11) is 0. The van der Waals surface area contributed by atoms with Crippen LogP contribution in [0.1, 0.15) is 0 Å². The average Bonchev–Trinajstić information content (AvgIpc) is 2.42. The Bertz CT molecular complexity index is 413. The highest BCUT2D eigenvalue weighted by atomic mass is 32.1. The van der Waals surface area contributed by atoms with Crippen LogP contribution in [0.5, 0.6) is 5.06 Å². The highest BCUT2D eigenvalue weighted by molar-refractivity contribution is 7.20. The van der Waals surface area contributed by atoms with E-state index in [9.17, 15) is 13.2 Å². The molecule has 0 spiro atoms. The van der Waals surface area contributed by atoms with Crippen LogP contribution in [0, 0.1) is 0 Å². The van der Waals surface area contributed by atoms with E-state index in [2.05, 4.69) is 4.74 Å². The van der Waals surface area contributed by atoms with E-state index >= 15 is 0 Å². The minimum absolute atomic E-state index is 0.126. The number of thiophene rings is 1. The molecule has 0 amide bonds. The van der Waals surface area contributed by atoms with Gasteiger partial charge in [-0.2, -0.15) is 0 Å². The first-order valence-corrected chi connectivity index (χ1v) is 4.60. The number of fused-ring (bicyclic) bond motifs is 1. The van der Waals surface area contributed by atoms with Gasteiger partial charge in [-0.3, -0.25) is 0 Å². The van der Waals surface area contributed by atoms with Crippen molar-refractivity contribution in [1.29, 1.82) is 0 Å². The maximum Gasteiger partial charge on any atom is 0.573 e. The number of benzene rings is 1. The van der Waals surface area contributed by atoms with Crippen molar-refractivity contribution in [2.45, 2.75) is 6.36 Å². The van der Waals surface area contributed by atoms with Crippen molar-refractivity contribution in [1.82, 2.24) is 0 Å². The largest absolute Gasteiger partial charge is 0.573 e. The quantitative estimate of drug-likeness (QED) is 0.707. The molecule has 0 aliphatic rings. The number of alkyl halides is 3. The topological polar surface area (TPSA) is 9.23 Å². The van der Waals surface area contributed by atoms with E-state index in [1.54, 1.807) is 24.3 Å². The fourth-order valence-corrected chi connectivity index (χ4v) is 2.05. The van der Waals surface area contributed by atoms with Gasteiger partial charge in [0.2, 0.25) is 0 Å². The van der Waals surface area contributed by atoms with Crippen molar-refractivity contribution >= 4 is 21.4 Å². The van der Waals surface area contributed by atoms with E-state index in [4.69, 9.17) is 0 Å². The minimum atomic E-state index is -4.61. The van der Waals surface area contributed by atoms with Crippen LogP contribution in [0.15, 0.2) is 30.3 Å². The Morgan fingerprint density at radius 2 is 1.86 bits per heavy atom. The van der Waals surface area contributed by atoms with Gasteiger partial charge in [0.15, 0.2) is 5.06 Å². The van der Waals surface area contributed by atoms with E-state index in [1.165, 1.54) is 6.07 Å². The lowest BCUT2D eigenvalue weighted by Gasteiger charge is -2.04.